The van der Waals surface area contributed by atoms with Crippen LogP contribution in [0, 0.1) is 0 Å². The molecule has 2 aromatic carbocycles. The van der Waals surface area contributed by atoms with E-state index in [1.807, 2.05) is 24.3 Å². The number of carbonyl (C=O) groups is 1. The number of hydrogen-bond acceptors (Lipinski definition) is 3. The van der Waals surface area contributed by atoms with Crippen molar-refractivity contribution in [1.82, 2.24) is 0 Å². The molecule has 0 bridgehead atoms. The van der Waals surface area contributed by atoms with E-state index in [9.17, 15) is 4.79 Å². The topological polar surface area (TPSA) is 58.6 Å². The molecule has 0 atom stereocenters. The number of methoxy groups -OCH3 is 1. The summed E-state index contributed by atoms with van der Waals surface area (Å²) in [5.41, 5.74) is 2.29. The van der Waals surface area contributed by atoms with Crippen LogP contribution >= 0.6 is 15.9 Å². The van der Waals surface area contributed by atoms with Gasteiger partial charge in [-0.3, -0.25) is 4.79 Å². The highest BCUT2D eigenvalue weighted by molar-refractivity contribution is 9.10. The molecule has 1 amide bonds. The van der Waals surface area contributed by atoms with Gasteiger partial charge in [0.2, 0.25) is 0 Å². The van der Waals surface area contributed by atoms with E-state index in [-0.39, 0.29) is 12.5 Å². The van der Waals surface area contributed by atoms with Gasteiger partial charge >= 0.3 is 0 Å². The van der Waals surface area contributed by atoms with Gasteiger partial charge in [0.1, 0.15) is 5.75 Å². The predicted molar refractivity (Wildman–Crippen MR) is 85.9 cm³/mol. The normalized spacial score (nSPS) is 10.2. The lowest BCUT2D eigenvalue weighted by Crippen LogP contribution is -2.12. The number of aliphatic hydroxyl groups excluding tert-OH is 1. The van der Waals surface area contributed by atoms with Crippen molar-refractivity contribution in [3.05, 3.63) is 58.1 Å². The van der Waals surface area contributed by atoms with Crippen LogP contribution in [0.1, 0.15) is 15.9 Å². The Morgan fingerprint density at radius 2 is 1.95 bits per heavy atom. The van der Waals surface area contributed by atoms with Crippen LogP contribution in [0.2, 0.25) is 0 Å². The maximum absolute atomic E-state index is 12.2. The van der Waals surface area contributed by atoms with Gasteiger partial charge in [0.25, 0.3) is 5.91 Å². The number of rotatable bonds is 5. The number of ether oxygens (including phenoxy) is 1. The molecule has 110 valence electrons. The molecule has 0 aromatic heterocycles. The highest BCUT2D eigenvalue weighted by Gasteiger charge is 2.09. The molecule has 2 rings (SSSR count). The summed E-state index contributed by atoms with van der Waals surface area (Å²) in [6.07, 6.45) is 0.611. The summed E-state index contributed by atoms with van der Waals surface area (Å²) in [5, 5.41) is 11.7. The molecule has 21 heavy (non-hydrogen) atoms. The predicted octanol–water partition coefficient (Wildman–Crippen LogP) is 3.24. The van der Waals surface area contributed by atoms with Crippen LogP contribution in [0.4, 0.5) is 5.69 Å². The molecule has 0 aliphatic carbocycles. The van der Waals surface area contributed by atoms with Crippen LogP contribution in [0.3, 0.4) is 0 Å². The van der Waals surface area contributed by atoms with E-state index in [1.54, 1.807) is 25.3 Å². The summed E-state index contributed by atoms with van der Waals surface area (Å²) >= 11 is 3.36. The first-order valence-electron chi connectivity index (χ1n) is 6.48. The molecule has 0 saturated carbocycles. The smallest absolute Gasteiger partial charge is 0.255 e. The third-order valence-electron chi connectivity index (χ3n) is 3.03. The molecule has 5 heteroatoms. The number of carbonyl (C=O) groups excluding carboxylic acids is 1. The third-order valence-corrected chi connectivity index (χ3v) is 3.65. The minimum Gasteiger partial charge on any atom is -0.496 e. The summed E-state index contributed by atoms with van der Waals surface area (Å²) in [4.78, 5) is 12.2. The monoisotopic (exact) mass is 349 g/mol. The Bertz CT molecular complexity index is 626. The highest BCUT2D eigenvalue weighted by atomic mass is 79.9. The van der Waals surface area contributed by atoms with Gasteiger partial charge in [-0.05, 0) is 58.2 Å². The maximum Gasteiger partial charge on any atom is 0.255 e. The van der Waals surface area contributed by atoms with Gasteiger partial charge in [-0.15, -0.1) is 0 Å². The van der Waals surface area contributed by atoms with Gasteiger partial charge in [0.15, 0.2) is 0 Å². The van der Waals surface area contributed by atoms with Gasteiger partial charge in [-0.2, -0.15) is 0 Å². The number of halogens is 1. The number of nitrogens with one attached hydrogen (secondary N) is 1. The lowest BCUT2D eigenvalue weighted by atomic mass is 10.1. The molecule has 4 nitrogen and oxygen atoms in total. The molecule has 2 N–H and O–H groups in total. The van der Waals surface area contributed by atoms with Crippen molar-refractivity contribution in [1.29, 1.82) is 0 Å². The van der Waals surface area contributed by atoms with E-state index in [2.05, 4.69) is 21.2 Å². The fraction of sp³-hybridized carbons (Fsp3) is 0.188. The van der Waals surface area contributed by atoms with Crippen LogP contribution in [-0.2, 0) is 6.42 Å². The number of aliphatic hydroxyl groups is 1. The largest absolute Gasteiger partial charge is 0.496 e. The van der Waals surface area contributed by atoms with Crippen molar-refractivity contribution in [2.75, 3.05) is 19.0 Å². The number of amides is 1. The quantitative estimate of drug-likeness (QED) is 0.870. The molecule has 0 fully saturated rings. The minimum absolute atomic E-state index is 0.117. The molecule has 0 radical (unpaired) electrons. The van der Waals surface area contributed by atoms with Gasteiger partial charge in [0, 0.05) is 17.9 Å². The van der Waals surface area contributed by atoms with Gasteiger partial charge in [0.05, 0.1) is 11.6 Å². The fourth-order valence-electron chi connectivity index (χ4n) is 1.89. The Morgan fingerprint density at radius 3 is 2.52 bits per heavy atom. The minimum atomic E-state index is -0.187. The molecule has 0 saturated heterocycles. The van der Waals surface area contributed by atoms with Gasteiger partial charge in [-0.25, -0.2) is 0 Å². The second kappa shape index (κ2) is 7.24. The Hall–Kier alpha value is -1.85. The summed E-state index contributed by atoms with van der Waals surface area (Å²) in [5.74, 6) is 0.494. The lowest BCUT2D eigenvalue weighted by molar-refractivity contribution is 0.102. The van der Waals surface area contributed by atoms with Crippen LogP contribution in [0.15, 0.2) is 46.9 Å². The zero-order valence-electron chi connectivity index (χ0n) is 11.6. The average Bonchev–Trinajstić information content (AvgIpc) is 2.49. The van der Waals surface area contributed by atoms with E-state index in [0.29, 0.717) is 23.4 Å². The van der Waals surface area contributed by atoms with Crippen LogP contribution < -0.4 is 10.1 Å². The highest BCUT2D eigenvalue weighted by Crippen LogP contribution is 2.25. The van der Waals surface area contributed by atoms with Crippen LogP contribution in [0.5, 0.6) is 5.75 Å². The van der Waals surface area contributed by atoms with E-state index >= 15 is 0 Å². The molecule has 0 heterocycles. The van der Waals surface area contributed by atoms with E-state index in [0.717, 1.165) is 10.0 Å². The van der Waals surface area contributed by atoms with E-state index in [4.69, 9.17) is 9.84 Å². The first-order valence-corrected chi connectivity index (χ1v) is 7.28. The standard InChI is InChI=1S/C16H16BrNO3/c1-21-15-7-4-12(10-14(15)17)16(20)18-13-5-2-11(3-6-13)8-9-19/h2-7,10,19H,8-9H2,1H3,(H,18,20). The second-order valence-electron chi connectivity index (χ2n) is 4.47. The summed E-state index contributed by atoms with van der Waals surface area (Å²) in [6, 6.07) is 12.6. The Morgan fingerprint density at radius 1 is 1.24 bits per heavy atom. The summed E-state index contributed by atoms with van der Waals surface area (Å²) < 4.78 is 5.87. The molecular formula is C16H16BrNO3. The number of anilines is 1. The van der Waals surface area contributed by atoms with Crippen molar-refractivity contribution in [3.8, 4) is 5.75 Å². The first-order chi connectivity index (χ1) is 10.1. The molecule has 0 aliphatic rings. The lowest BCUT2D eigenvalue weighted by Gasteiger charge is -2.08. The Balaban J connectivity index is 2.08. The SMILES string of the molecule is COc1ccc(C(=O)Nc2ccc(CCO)cc2)cc1Br. The second-order valence-corrected chi connectivity index (χ2v) is 5.33. The third kappa shape index (κ3) is 4.06. The zero-order valence-corrected chi connectivity index (χ0v) is 13.2. The van der Waals surface area contributed by atoms with Gasteiger partial charge < -0.3 is 15.2 Å². The van der Waals surface area contributed by atoms with Crippen molar-refractivity contribution in [2.45, 2.75) is 6.42 Å². The number of benzene rings is 2. The molecular weight excluding hydrogens is 334 g/mol. The van der Waals surface area contributed by atoms with Gasteiger partial charge in [-0.1, -0.05) is 12.1 Å². The Kier molecular flexibility index (Phi) is 5.36. The van der Waals surface area contributed by atoms with Crippen molar-refractivity contribution in [3.63, 3.8) is 0 Å². The Labute approximate surface area is 131 Å². The van der Waals surface area contributed by atoms with Crippen LogP contribution in [0.25, 0.3) is 0 Å². The van der Waals surface area contributed by atoms with E-state index < -0.39 is 0 Å². The summed E-state index contributed by atoms with van der Waals surface area (Å²) in [7, 11) is 1.58. The molecule has 0 unspecified atom stereocenters. The van der Waals surface area contributed by atoms with Crippen molar-refractivity contribution >= 4 is 27.5 Å². The maximum atomic E-state index is 12.2. The van der Waals surface area contributed by atoms with Crippen LogP contribution in [-0.4, -0.2) is 24.7 Å². The van der Waals surface area contributed by atoms with Crippen molar-refractivity contribution < 1.29 is 14.6 Å². The first kappa shape index (κ1) is 15.5. The fourth-order valence-corrected chi connectivity index (χ4v) is 2.44. The molecule has 0 aliphatic heterocycles. The van der Waals surface area contributed by atoms with Crippen molar-refractivity contribution in [2.24, 2.45) is 0 Å². The molecule has 2 aromatic rings. The molecule has 0 spiro atoms. The zero-order chi connectivity index (χ0) is 15.2. The average molecular weight is 350 g/mol. The number of hydrogen-bond donors (Lipinski definition) is 2. The summed E-state index contributed by atoms with van der Waals surface area (Å²) in [6.45, 7) is 0.117. The van der Waals surface area contributed by atoms with E-state index in [1.165, 1.54) is 0 Å².